The van der Waals surface area contributed by atoms with Crippen molar-refractivity contribution in [3.8, 4) is 0 Å². The molecule has 1 unspecified atom stereocenters. The molecule has 1 aromatic carbocycles. The van der Waals surface area contributed by atoms with Crippen LogP contribution in [0.5, 0.6) is 0 Å². The van der Waals surface area contributed by atoms with Crippen LogP contribution in [-0.4, -0.2) is 30.6 Å². The van der Waals surface area contributed by atoms with E-state index in [4.69, 9.17) is 5.73 Å². The summed E-state index contributed by atoms with van der Waals surface area (Å²) in [6, 6.07) is 8.81. The number of halogens is 3. The highest BCUT2D eigenvalue weighted by molar-refractivity contribution is 6.13. The van der Waals surface area contributed by atoms with E-state index in [1.807, 2.05) is 0 Å². The van der Waals surface area contributed by atoms with E-state index in [1.54, 1.807) is 65.7 Å². The minimum atomic E-state index is -4.54. The molecular formula is C26H20F3N7O. The molecule has 8 nitrogen and oxygen atoms in total. The Kier molecular flexibility index (Phi) is 5.11. The van der Waals surface area contributed by atoms with Crippen LogP contribution >= 0.6 is 0 Å². The fraction of sp³-hybridized carbons (Fsp3) is 0.192. The molecule has 1 aliphatic carbocycles. The molecule has 0 bridgehead atoms. The van der Waals surface area contributed by atoms with Gasteiger partial charge in [0.2, 0.25) is 0 Å². The summed E-state index contributed by atoms with van der Waals surface area (Å²) in [6.45, 7) is 0. The molecular weight excluding hydrogens is 483 g/mol. The first-order valence-corrected chi connectivity index (χ1v) is 11.5. The maximum atomic E-state index is 14.1. The number of hydrogen-bond acceptors (Lipinski definition) is 6. The second kappa shape index (κ2) is 8.26. The molecule has 11 heteroatoms. The summed E-state index contributed by atoms with van der Waals surface area (Å²) in [7, 11) is 1.73. The molecule has 0 radical (unpaired) electrons. The number of nitrogen functional groups attached to an aromatic ring is 1. The van der Waals surface area contributed by atoms with Gasteiger partial charge in [-0.3, -0.25) is 19.4 Å². The molecule has 0 aliphatic heterocycles. The van der Waals surface area contributed by atoms with E-state index in [9.17, 15) is 18.0 Å². The van der Waals surface area contributed by atoms with Crippen LogP contribution in [0.3, 0.4) is 0 Å². The van der Waals surface area contributed by atoms with Gasteiger partial charge in [0.1, 0.15) is 11.5 Å². The summed E-state index contributed by atoms with van der Waals surface area (Å²) in [4.78, 5) is 28.2. The first-order chi connectivity index (χ1) is 17.7. The topological polar surface area (TPSA) is 103 Å². The fourth-order valence-corrected chi connectivity index (χ4v) is 4.99. The first kappa shape index (κ1) is 22.9. The van der Waals surface area contributed by atoms with Gasteiger partial charge in [0.25, 0.3) is 5.91 Å². The SMILES string of the molecule is Cn1cc(N(C(=O)c2ccc3nc(N)c4ccncc4c3c2)C2CCc3nc(C(F)(F)F)ccc32)cn1. The number of nitrogens with two attached hydrogens (primary N) is 1. The average molecular weight is 503 g/mol. The molecule has 186 valence electrons. The second-order valence-corrected chi connectivity index (χ2v) is 8.98. The predicted molar refractivity (Wildman–Crippen MR) is 132 cm³/mol. The Hall–Kier alpha value is -4.54. The molecule has 1 amide bonds. The van der Waals surface area contributed by atoms with Crippen molar-refractivity contribution in [2.24, 2.45) is 7.05 Å². The van der Waals surface area contributed by atoms with Crippen molar-refractivity contribution in [3.05, 3.63) is 83.7 Å². The predicted octanol–water partition coefficient (Wildman–Crippen LogP) is 4.85. The van der Waals surface area contributed by atoms with Crippen LogP contribution < -0.4 is 10.6 Å². The van der Waals surface area contributed by atoms with Gasteiger partial charge >= 0.3 is 6.18 Å². The fourth-order valence-electron chi connectivity index (χ4n) is 4.99. The second-order valence-electron chi connectivity index (χ2n) is 8.98. The molecule has 4 heterocycles. The van der Waals surface area contributed by atoms with E-state index in [-0.39, 0.29) is 5.91 Å². The Bertz CT molecular complexity index is 1700. The third-order valence-corrected chi connectivity index (χ3v) is 6.68. The van der Waals surface area contributed by atoms with Crippen LogP contribution in [0.4, 0.5) is 24.7 Å². The Labute approximate surface area is 208 Å². The average Bonchev–Trinajstić information content (AvgIpc) is 3.50. The van der Waals surface area contributed by atoms with Crippen molar-refractivity contribution >= 4 is 39.1 Å². The molecule has 1 aliphatic rings. The number of rotatable bonds is 3. The third kappa shape index (κ3) is 3.83. The summed E-state index contributed by atoms with van der Waals surface area (Å²) in [6.07, 6.45) is 2.80. The summed E-state index contributed by atoms with van der Waals surface area (Å²) in [5, 5.41) is 6.43. The Morgan fingerprint density at radius 1 is 1.08 bits per heavy atom. The van der Waals surface area contributed by atoms with Crippen LogP contribution in [0.15, 0.2) is 61.2 Å². The Balaban J connectivity index is 1.47. The number of carbonyl (C=O) groups is 1. The smallest absolute Gasteiger partial charge is 0.383 e. The lowest BCUT2D eigenvalue weighted by molar-refractivity contribution is -0.141. The third-order valence-electron chi connectivity index (χ3n) is 6.68. The quantitative estimate of drug-likeness (QED) is 0.353. The number of benzene rings is 1. The molecule has 2 N–H and O–H groups in total. The molecule has 0 saturated carbocycles. The zero-order valence-corrected chi connectivity index (χ0v) is 19.6. The van der Waals surface area contributed by atoms with Crippen molar-refractivity contribution in [2.75, 3.05) is 10.6 Å². The number of aryl methyl sites for hydroxylation is 2. The number of nitrogens with zero attached hydrogens (tertiary/aromatic N) is 6. The normalized spacial score (nSPS) is 15.3. The van der Waals surface area contributed by atoms with Gasteiger partial charge in [0, 0.05) is 53.1 Å². The molecule has 0 fully saturated rings. The lowest BCUT2D eigenvalue weighted by atomic mass is 10.0. The molecule has 1 atom stereocenters. The maximum absolute atomic E-state index is 14.1. The highest BCUT2D eigenvalue weighted by atomic mass is 19.4. The summed E-state index contributed by atoms with van der Waals surface area (Å²) < 4.78 is 41.3. The Morgan fingerprint density at radius 3 is 2.68 bits per heavy atom. The lowest BCUT2D eigenvalue weighted by Gasteiger charge is -2.29. The van der Waals surface area contributed by atoms with E-state index < -0.39 is 17.9 Å². The van der Waals surface area contributed by atoms with Gasteiger partial charge < -0.3 is 5.73 Å². The van der Waals surface area contributed by atoms with Crippen LogP contribution in [0.2, 0.25) is 0 Å². The molecule has 0 spiro atoms. The van der Waals surface area contributed by atoms with Gasteiger partial charge in [0.05, 0.1) is 23.4 Å². The minimum absolute atomic E-state index is 0.318. The molecule has 5 aromatic rings. The van der Waals surface area contributed by atoms with E-state index >= 15 is 0 Å². The van der Waals surface area contributed by atoms with Crippen molar-refractivity contribution in [1.29, 1.82) is 0 Å². The highest BCUT2D eigenvalue weighted by Gasteiger charge is 2.38. The van der Waals surface area contributed by atoms with Crippen molar-refractivity contribution < 1.29 is 18.0 Å². The zero-order chi connectivity index (χ0) is 25.9. The van der Waals surface area contributed by atoms with Crippen LogP contribution in [0, 0.1) is 0 Å². The van der Waals surface area contributed by atoms with Gasteiger partial charge in [-0.2, -0.15) is 18.3 Å². The van der Waals surface area contributed by atoms with Gasteiger partial charge in [-0.1, -0.05) is 6.07 Å². The molecule has 4 aromatic heterocycles. The van der Waals surface area contributed by atoms with Crippen molar-refractivity contribution in [3.63, 3.8) is 0 Å². The molecule has 0 saturated heterocycles. The number of fused-ring (bicyclic) bond motifs is 4. The summed E-state index contributed by atoms with van der Waals surface area (Å²) in [5.41, 5.74) is 7.66. The lowest BCUT2D eigenvalue weighted by Crippen LogP contribution is -2.34. The number of anilines is 2. The number of pyridine rings is 3. The van der Waals surface area contributed by atoms with Crippen molar-refractivity contribution in [1.82, 2.24) is 24.7 Å². The number of amides is 1. The summed E-state index contributed by atoms with van der Waals surface area (Å²) >= 11 is 0. The van der Waals surface area contributed by atoms with E-state index in [2.05, 4.69) is 20.1 Å². The van der Waals surface area contributed by atoms with E-state index in [0.717, 1.165) is 22.2 Å². The minimum Gasteiger partial charge on any atom is -0.383 e. The van der Waals surface area contributed by atoms with Gasteiger partial charge in [0.15, 0.2) is 0 Å². The standard InChI is InChI=1S/C26H20F3N7O/c1-35-13-15(11-32-35)36(22-6-5-20-17(22)3-7-23(33-20)26(27,28)29)25(37)14-2-4-21-18(10-14)19-12-31-9-8-16(19)24(30)34-21/h2-4,7-13,22H,5-6H2,1H3,(H2,30,34). The Morgan fingerprint density at radius 2 is 1.92 bits per heavy atom. The molecule has 6 rings (SSSR count). The number of aromatic nitrogens is 5. The van der Waals surface area contributed by atoms with E-state index in [1.165, 1.54) is 6.07 Å². The van der Waals surface area contributed by atoms with Crippen LogP contribution in [-0.2, 0) is 19.6 Å². The zero-order valence-electron chi connectivity index (χ0n) is 19.6. The largest absolute Gasteiger partial charge is 0.433 e. The number of hydrogen-bond donors (Lipinski definition) is 1. The van der Waals surface area contributed by atoms with Crippen molar-refractivity contribution in [2.45, 2.75) is 25.1 Å². The summed E-state index contributed by atoms with van der Waals surface area (Å²) in [5.74, 6) is 0.0516. The highest BCUT2D eigenvalue weighted by Crippen LogP contribution is 2.40. The number of carbonyl (C=O) groups excluding carboxylic acids is 1. The van der Waals surface area contributed by atoms with E-state index in [0.29, 0.717) is 46.7 Å². The van der Waals surface area contributed by atoms with Crippen LogP contribution in [0.25, 0.3) is 21.7 Å². The van der Waals surface area contributed by atoms with Gasteiger partial charge in [-0.25, -0.2) is 9.97 Å². The number of alkyl halides is 3. The molecule has 37 heavy (non-hydrogen) atoms. The van der Waals surface area contributed by atoms with Gasteiger partial charge in [-0.05, 0) is 48.7 Å². The van der Waals surface area contributed by atoms with Gasteiger partial charge in [-0.15, -0.1) is 0 Å². The maximum Gasteiger partial charge on any atom is 0.433 e. The monoisotopic (exact) mass is 503 g/mol. The van der Waals surface area contributed by atoms with Crippen LogP contribution in [0.1, 0.15) is 39.8 Å². The first-order valence-electron chi connectivity index (χ1n) is 11.5.